The molecule has 8 rings (SSSR count). The number of hydrogen-bond donors (Lipinski definition) is 2. The van der Waals surface area contributed by atoms with E-state index in [1.807, 2.05) is 73.1 Å². The summed E-state index contributed by atoms with van der Waals surface area (Å²) in [5.41, 5.74) is 11.7. The second-order valence-corrected chi connectivity index (χ2v) is 15.9. The van der Waals surface area contributed by atoms with Crippen LogP contribution in [0.1, 0.15) is 55.8 Å². The van der Waals surface area contributed by atoms with Crippen LogP contribution in [0.15, 0.2) is 109 Å². The lowest BCUT2D eigenvalue weighted by atomic mass is 9.99. The van der Waals surface area contributed by atoms with Gasteiger partial charge in [-0.2, -0.15) is 0 Å². The van der Waals surface area contributed by atoms with Crippen molar-refractivity contribution in [2.24, 2.45) is 0 Å². The van der Waals surface area contributed by atoms with Crippen LogP contribution in [-0.4, -0.2) is 122 Å². The molecule has 18 nitrogen and oxygen atoms in total. The van der Waals surface area contributed by atoms with Gasteiger partial charge < -0.3 is 29.3 Å². The second-order valence-electron chi connectivity index (χ2n) is 15.9. The van der Waals surface area contributed by atoms with Crippen LogP contribution in [0.25, 0.3) is 11.4 Å². The smallest absolute Gasteiger partial charge is 0.372 e. The number of amides is 4. The van der Waals surface area contributed by atoms with Gasteiger partial charge in [0.25, 0.3) is 23.6 Å². The van der Waals surface area contributed by atoms with Gasteiger partial charge in [-0.3, -0.25) is 39.8 Å². The van der Waals surface area contributed by atoms with E-state index in [1.165, 1.54) is 12.1 Å². The van der Waals surface area contributed by atoms with Crippen molar-refractivity contribution in [1.29, 1.82) is 0 Å². The van der Waals surface area contributed by atoms with E-state index in [9.17, 15) is 28.8 Å². The van der Waals surface area contributed by atoms with Gasteiger partial charge >= 0.3 is 11.9 Å². The minimum atomic E-state index is -1.53. The molecule has 0 aromatic heterocycles. The molecule has 0 radical (unpaired) electrons. The zero-order valence-electron chi connectivity index (χ0n) is 36.6. The van der Waals surface area contributed by atoms with Crippen molar-refractivity contribution in [1.82, 2.24) is 30.6 Å². The number of fused-ring (bicyclic) bond motifs is 2. The summed E-state index contributed by atoms with van der Waals surface area (Å²) in [6, 6.07) is 29.0. The van der Waals surface area contributed by atoms with Gasteiger partial charge in [0.1, 0.15) is 0 Å². The number of carbonyl (C=O) groups excluding carboxylic acids is 6. The highest BCUT2D eigenvalue weighted by Gasteiger charge is 2.36. The molecular weight excluding hydrogens is 849 g/mol. The first kappa shape index (κ1) is 44.9. The number of nitrogens with zero attached hydrogens (tertiary/aromatic N) is 6. The molecule has 4 aromatic rings. The number of rotatable bonds is 12. The Morgan fingerprint density at radius 2 is 0.864 bits per heavy atom. The summed E-state index contributed by atoms with van der Waals surface area (Å²) < 4.78 is 0. The maximum atomic E-state index is 13.6. The van der Waals surface area contributed by atoms with Crippen LogP contribution >= 0.6 is 0 Å². The van der Waals surface area contributed by atoms with Crippen molar-refractivity contribution < 1.29 is 48.1 Å². The van der Waals surface area contributed by atoms with Crippen molar-refractivity contribution in [3.05, 3.63) is 143 Å². The van der Waals surface area contributed by atoms with Crippen molar-refractivity contribution in [2.45, 2.75) is 25.7 Å². The molecule has 2 fully saturated rings. The summed E-state index contributed by atoms with van der Waals surface area (Å²) in [7, 11) is 3.10. The summed E-state index contributed by atoms with van der Waals surface area (Å²) in [6.45, 7) is 4.22. The summed E-state index contributed by atoms with van der Waals surface area (Å²) in [5.74, 6) is -4.61. The molecule has 0 aliphatic carbocycles. The number of hydroxylamine groups is 4. The zero-order chi connectivity index (χ0) is 46.2. The molecule has 342 valence electrons. The number of piperazine rings is 2. The third-order valence-corrected chi connectivity index (χ3v) is 11.7. The third-order valence-electron chi connectivity index (χ3n) is 11.7. The Bertz CT molecular complexity index is 2360. The molecule has 4 aliphatic heterocycles. The van der Waals surface area contributed by atoms with E-state index in [0.717, 1.165) is 32.6 Å². The summed E-state index contributed by atoms with van der Waals surface area (Å²) in [4.78, 5) is 108. The van der Waals surface area contributed by atoms with Crippen molar-refractivity contribution >= 4 is 58.3 Å². The molecule has 0 unspecified atom stereocenters. The van der Waals surface area contributed by atoms with E-state index in [1.54, 1.807) is 48.3 Å². The first-order valence-corrected chi connectivity index (χ1v) is 21.6. The predicted molar refractivity (Wildman–Crippen MR) is 241 cm³/mol. The highest BCUT2D eigenvalue weighted by Crippen LogP contribution is 2.32. The largest absolute Gasteiger partial charge is 0.444 e. The van der Waals surface area contributed by atoms with Gasteiger partial charge in [-0.25, -0.2) is 9.59 Å². The second kappa shape index (κ2) is 20.4. The van der Waals surface area contributed by atoms with Gasteiger partial charge in [0.05, 0.1) is 37.0 Å². The molecule has 4 heterocycles. The molecule has 0 saturated carbocycles. The summed E-state index contributed by atoms with van der Waals surface area (Å²) >= 11 is 0. The van der Waals surface area contributed by atoms with Crippen LogP contribution < -0.4 is 21.1 Å². The summed E-state index contributed by atoms with van der Waals surface area (Å²) in [5, 5.41) is 1.44. The van der Waals surface area contributed by atoms with Gasteiger partial charge in [0, 0.05) is 99.9 Å². The number of hydrogen-bond acceptors (Lipinski definition) is 14. The lowest BCUT2D eigenvalue weighted by Gasteiger charge is -2.35. The van der Waals surface area contributed by atoms with Crippen LogP contribution in [0.5, 0.6) is 0 Å². The minimum absolute atomic E-state index is 0.0515. The normalized spacial score (nSPS) is 16.6. The Kier molecular flexibility index (Phi) is 13.9. The van der Waals surface area contributed by atoms with Crippen LogP contribution in [-0.2, 0) is 51.4 Å². The fourth-order valence-corrected chi connectivity index (χ4v) is 8.24. The molecule has 66 heavy (non-hydrogen) atoms. The Morgan fingerprint density at radius 3 is 1.23 bits per heavy atom. The lowest BCUT2D eigenvalue weighted by Crippen LogP contribution is -2.47. The highest BCUT2D eigenvalue weighted by molar-refractivity contribution is 6.31. The molecule has 0 bridgehead atoms. The van der Waals surface area contributed by atoms with Crippen molar-refractivity contribution in [2.75, 3.05) is 76.7 Å². The Labute approximate surface area is 381 Å². The molecule has 4 aromatic carbocycles. The monoisotopic (exact) mass is 898 g/mol. The SMILES string of the molecule is CONC(=CN1CCN(C(=O)c2ccc3c(c2)CCC(=O)N3OC(=O)C(=O)ON2C(=O)CCc3cc(C(=O)N4CCN(C=C(NOC)c5ccccc5)CC4)ccc32)CC1)c1ccccc1. The zero-order valence-corrected chi connectivity index (χ0v) is 36.6. The lowest BCUT2D eigenvalue weighted by molar-refractivity contribution is -0.172. The van der Waals surface area contributed by atoms with Gasteiger partial charge in [0.2, 0.25) is 0 Å². The Balaban J connectivity index is 0.864. The first-order valence-electron chi connectivity index (χ1n) is 21.6. The number of anilines is 2. The predicted octanol–water partition coefficient (Wildman–Crippen LogP) is 3.68. The van der Waals surface area contributed by atoms with Gasteiger partial charge in [-0.1, -0.05) is 60.7 Å². The van der Waals surface area contributed by atoms with E-state index in [4.69, 9.17) is 19.4 Å². The molecule has 0 spiro atoms. The molecule has 2 N–H and O–H groups in total. The molecule has 4 aliphatic rings. The highest BCUT2D eigenvalue weighted by atomic mass is 16.8. The standard InChI is InChI=1S/C48H50N8O10/c1-63-49-39(33-9-5-3-6-10-33)31-51-21-25-53(26-22-51)45(59)37-13-17-41-35(29-37)15-19-43(57)55(41)65-47(61)48(62)66-56-42-18-14-38(30-36(42)16-20-44(56)58)46(60)54-27-23-52(24-28-54)32-40(50-64-2)34-11-7-4-8-12-34/h3-14,17-18,29-32,49-50H,15-16,19-28H2,1-2H3. The van der Waals surface area contributed by atoms with E-state index in [0.29, 0.717) is 74.6 Å². The van der Waals surface area contributed by atoms with E-state index < -0.39 is 23.8 Å². The Morgan fingerprint density at radius 1 is 0.485 bits per heavy atom. The average molecular weight is 899 g/mol. The van der Waals surface area contributed by atoms with Gasteiger partial charge in [0.15, 0.2) is 0 Å². The van der Waals surface area contributed by atoms with E-state index in [2.05, 4.69) is 20.8 Å². The fourth-order valence-electron chi connectivity index (χ4n) is 8.24. The average Bonchev–Trinajstić information content (AvgIpc) is 3.35. The first-order chi connectivity index (χ1) is 32.1. The molecule has 18 heteroatoms. The van der Waals surface area contributed by atoms with E-state index in [-0.39, 0.29) is 48.9 Å². The maximum Gasteiger partial charge on any atom is 0.444 e. The minimum Gasteiger partial charge on any atom is -0.372 e. The number of aryl methyl sites for hydroxylation is 2. The molecule has 2 saturated heterocycles. The molecular formula is C48H50N8O10. The molecule has 4 amide bonds. The van der Waals surface area contributed by atoms with Crippen LogP contribution in [0, 0.1) is 0 Å². The van der Waals surface area contributed by atoms with Gasteiger partial charge in [-0.05, 0) is 60.4 Å². The topological polar surface area (TPSA) is 183 Å². The summed E-state index contributed by atoms with van der Waals surface area (Å²) in [6.07, 6.45) is 4.40. The third kappa shape index (κ3) is 10.1. The molecule has 0 atom stereocenters. The van der Waals surface area contributed by atoms with E-state index >= 15 is 0 Å². The van der Waals surface area contributed by atoms with Crippen LogP contribution in [0.4, 0.5) is 11.4 Å². The van der Waals surface area contributed by atoms with Crippen molar-refractivity contribution in [3.63, 3.8) is 0 Å². The quantitative estimate of drug-likeness (QED) is 0.155. The van der Waals surface area contributed by atoms with Crippen molar-refractivity contribution in [3.8, 4) is 0 Å². The van der Waals surface area contributed by atoms with Gasteiger partial charge in [-0.15, -0.1) is 10.1 Å². The maximum absolute atomic E-state index is 13.6. The van der Waals surface area contributed by atoms with Crippen LogP contribution in [0.3, 0.4) is 0 Å². The van der Waals surface area contributed by atoms with Crippen LogP contribution in [0.2, 0.25) is 0 Å². The number of benzene rings is 4. The number of carbonyl (C=O) groups is 6. The number of nitrogens with one attached hydrogen (secondary N) is 2. The fraction of sp³-hybridized carbons (Fsp3) is 0.292. The Hall–Kier alpha value is -7.70.